The predicted octanol–water partition coefficient (Wildman–Crippen LogP) is 0.0250. The lowest BCUT2D eigenvalue weighted by atomic mass is 9.95. The van der Waals surface area contributed by atoms with Crippen molar-refractivity contribution in [1.82, 2.24) is 14.9 Å². The SMILES string of the molecule is [B]c1ccc(CN2CCN(c3cc(=O)[nH]cn3)CC2)c(F)c1. The monoisotopic (exact) mass is 298 g/mol. The van der Waals surface area contributed by atoms with Gasteiger partial charge in [0.15, 0.2) is 0 Å². The maximum absolute atomic E-state index is 13.8. The maximum atomic E-state index is 13.8. The molecule has 1 aliphatic heterocycles. The van der Waals surface area contributed by atoms with E-state index in [-0.39, 0.29) is 11.4 Å². The van der Waals surface area contributed by atoms with Crippen molar-refractivity contribution in [1.29, 1.82) is 0 Å². The normalized spacial score (nSPS) is 16.0. The Kier molecular flexibility index (Phi) is 4.24. The van der Waals surface area contributed by atoms with E-state index in [0.717, 1.165) is 26.2 Å². The van der Waals surface area contributed by atoms with Crippen molar-refractivity contribution >= 4 is 19.1 Å². The molecular weight excluding hydrogens is 282 g/mol. The number of piperazine rings is 1. The van der Waals surface area contributed by atoms with E-state index in [4.69, 9.17) is 7.85 Å². The Morgan fingerprint density at radius 2 is 2.00 bits per heavy atom. The molecule has 1 aliphatic rings. The lowest BCUT2D eigenvalue weighted by molar-refractivity contribution is 0.246. The lowest BCUT2D eigenvalue weighted by Crippen LogP contribution is -2.46. The predicted molar refractivity (Wildman–Crippen MR) is 84.1 cm³/mol. The third-order valence-corrected chi connectivity index (χ3v) is 3.83. The fraction of sp³-hybridized carbons (Fsp3) is 0.333. The van der Waals surface area contributed by atoms with E-state index < -0.39 is 0 Å². The van der Waals surface area contributed by atoms with Crippen LogP contribution in [0.15, 0.2) is 35.4 Å². The molecule has 1 fully saturated rings. The van der Waals surface area contributed by atoms with Gasteiger partial charge in [0.2, 0.25) is 0 Å². The van der Waals surface area contributed by atoms with Crippen molar-refractivity contribution in [3.05, 3.63) is 52.3 Å². The molecule has 1 N–H and O–H groups in total. The first-order valence-electron chi connectivity index (χ1n) is 7.18. The second kappa shape index (κ2) is 6.31. The highest BCUT2D eigenvalue weighted by molar-refractivity contribution is 6.32. The fourth-order valence-electron chi connectivity index (χ4n) is 2.60. The Labute approximate surface area is 129 Å². The Hall–Kier alpha value is -2.15. The van der Waals surface area contributed by atoms with Crippen molar-refractivity contribution in [2.24, 2.45) is 0 Å². The summed E-state index contributed by atoms with van der Waals surface area (Å²) >= 11 is 0. The molecule has 0 unspecified atom stereocenters. The van der Waals surface area contributed by atoms with Gasteiger partial charge in [-0.05, 0) is 6.07 Å². The number of nitrogens with zero attached hydrogens (tertiary/aromatic N) is 3. The third-order valence-electron chi connectivity index (χ3n) is 3.83. The highest BCUT2D eigenvalue weighted by atomic mass is 19.1. The van der Waals surface area contributed by atoms with Crippen LogP contribution in [0.4, 0.5) is 10.2 Å². The molecule has 0 aliphatic carbocycles. The Morgan fingerprint density at radius 3 is 2.68 bits per heavy atom. The van der Waals surface area contributed by atoms with Crippen LogP contribution in [-0.2, 0) is 6.54 Å². The molecule has 7 heteroatoms. The fourth-order valence-corrected chi connectivity index (χ4v) is 2.60. The Bertz CT molecular complexity index is 713. The van der Waals surface area contributed by atoms with Crippen LogP contribution in [0, 0.1) is 5.82 Å². The van der Waals surface area contributed by atoms with E-state index in [0.29, 0.717) is 23.4 Å². The molecule has 3 rings (SSSR count). The number of benzene rings is 1. The average molecular weight is 298 g/mol. The van der Waals surface area contributed by atoms with Crippen LogP contribution in [0.2, 0.25) is 0 Å². The number of nitrogens with one attached hydrogen (secondary N) is 1. The Morgan fingerprint density at radius 1 is 1.23 bits per heavy atom. The number of rotatable bonds is 3. The van der Waals surface area contributed by atoms with Crippen LogP contribution in [-0.4, -0.2) is 48.9 Å². The van der Waals surface area contributed by atoms with Crippen LogP contribution in [0.25, 0.3) is 0 Å². The van der Waals surface area contributed by atoms with Gasteiger partial charge in [-0.1, -0.05) is 17.6 Å². The van der Waals surface area contributed by atoms with Gasteiger partial charge < -0.3 is 9.88 Å². The average Bonchev–Trinajstić information content (AvgIpc) is 2.51. The topological polar surface area (TPSA) is 52.2 Å². The number of aromatic amines is 1. The molecule has 0 saturated carbocycles. The van der Waals surface area contributed by atoms with Gasteiger partial charge in [-0.15, -0.1) is 0 Å². The highest BCUT2D eigenvalue weighted by Crippen LogP contribution is 2.14. The second-order valence-electron chi connectivity index (χ2n) is 5.38. The van der Waals surface area contributed by atoms with Crippen LogP contribution in [0.3, 0.4) is 0 Å². The van der Waals surface area contributed by atoms with Crippen LogP contribution in [0.1, 0.15) is 5.56 Å². The molecule has 112 valence electrons. The van der Waals surface area contributed by atoms with E-state index in [2.05, 4.69) is 19.8 Å². The van der Waals surface area contributed by atoms with Crippen LogP contribution < -0.4 is 15.9 Å². The number of halogens is 1. The molecular formula is C15H16BFN4O. The van der Waals surface area contributed by atoms with E-state index in [9.17, 15) is 9.18 Å². The van der Waals surface area contributed by atoms with Gasteiger partial charge in [0, 0.05) is 44.4 Å². The van der Waals surface area contributed by atoms with E-state index >= 15 is 0 Å². The van der Waals surface area contributed by atoms with E-state index in [1.807, 2.05) is 0 Å². The number of hydrogen-bond donors (Lipinski definition) is 1. The molecule has 2 radical (unpaired) electrons. The van der Waals surface area contributed by atoms with Gasteiger partial charge in [0.05, 0.1) is 6.33 Å². The van der Waals surface area contributed by atoms with Crippen molar-refractivity contribution in [3.8, 4) is 0 Å². The molecule has 22 heavy (non-hydrogen) atoms. The summed E-state index contributed by atoms with van der Waals surface area (Å²) in [6.07, 6.45) is 1.41. The van der Waals surface area contributed by atoms with E-state index in [1.165, 1.54) is 18.5 Å². The molecule has 1 aromatic heterocycles. The minimum Gasteiger partial charge on any atom is -0.354 e. The zero-order valence-corrected chi connectivity index (χ0v) is 12.1. The van der Waals surface area contributed by atoms with Gasteiger partial charge in [-0.3, -0.25) is 9.69 Å². The summed E-state index contributed by atoms with van der Waals surface area (Å²) in [4.78, 5) is 22.2. The minimum absolute atomic E-state index is 0.156. The molecule has 0 atom stereocenters. The standard InChI is InChI=1S/C15H16BFN4O/c16-12-2-1-11(13(17)7-12)9-20-3-5-21(6-4-20)14-8-15(22)19-10-18-14/h1-2,7-8,10H,3-6,9H2,(H,18,19,22). The van der Waals surface area contributed by atoms with Gasteiger partial charge in [0.25, 0.3) is 5.56 Å². The quantitative estimate of drug-likeness (QED) is 0.812. The smallest absolute Gasteiger partial charge is 0.252 e. The summed E-state index contributed by atoms with van der Waals surface area (Å²) in [5.74, 6) is 0.417. The number of aromatic nitrogens is 2. The number of H-pyrrole nitrogens is 1. The van der Waals surface area contributed by atoms with Crippen LogP contribution >= 0.6 is 0 Å². The van der Waals surface area contributed by atoms with Crippen LogP contribution in [0.5, 0.6) is 0 Å². The summed E-state index contributed by atoms with van der Waals surface area (Å²) in [5.41, 5.74) is 0.930. The van der Waals surface area contributed by atoms with Gasteiger partial charge >= 0.3 is 0 Å². The Balaban J connectivity index is 1.61. The summed E-state index contributed by atoms with van der Waals surface area (Å²) in [6.45, 7) is 3.65. The molecule has 0 spiro atoms. The zero-order chi connectivity index (χ0) is 15.5. The molecule has 0 bridgehead atoms. The van der Waals surface area contributed by atoms with Crippen molar-refractivity contribution in [3.63, 3.8) is 0 Å². The first kappa shape index (κ1) is 14.8. The second-order valence-corrected chi connectivity index (χ2v) is 5.38. The molecule has 1 aromatic carbocycles. The van der Waals surface area contributed by atoms with Crippen molar-refractivity contribution in [2.75, 3.05) is 31.1 Å². The summed E-state index contributed by atoms with van der Waals surface area (Å²) in [7, 11) is 5.56. The minimum atomic E-state index is -0.265. The summed E-state index contributed by atoms with van der Waals surface area (Å²) < 4.78 is 13.8. The molecule has 1 saturated heterocycles. The van der Waals surface area contributed by atoms with E-state index in [1.54, 1.807) is 12.1 Å². The largest absolute Gasteiger partial charge is 0.354 e. The summed E-state index contributed by atoms with van der Waals surface area (Å²) in [6, 6.07) is 6.30. The number of anilines is 1. The van der Waals surface area contributed by atoms with Crippen molar-refractivity contribution in [2.45, 2.75) is 6.54 Å². The number of hydrogen-bond acceptors (Lipinski definition) is 4. The maximum Gasteiger partial charge on any atom is 0.252 e. The lowest BCUT2D eigenvalue weighted by Gasteiger charge is -2.35. The first-order chi connectivity index (χ1) is 10.6. The van der Waals surface area contributed by atoms with Crippen molar-refractivity contribution < 1.29 is 4.39 Å². The third kappa shape index (κ3) is 3.36. The molecule has 0 amide bonds. The molecule has 2 aromatic rings. The molecule has 5 nitrogen and oxygen atoms in total. The van der Waals surface area contributed by atoms with Gasteiger partial charge in [-0.25, -0.2) is 9.37 Å². The van der Waals surface area contributed by atoms with Gasteiger partial charge in [0.1, 0.15) is 19.5 Å². The molecule has 2 heterocycles. The highest BCUT2D eigenvalue weighted by Gasteiger charge is 2.19. The van der Waals surface area contributed by atoms with Gasteiger partial charge in [-0.2, -0.15) is 0 Å². The zero-order valence-electron chi connectivity index (χ0n) is 12.1. The summed E-state index contributed by atoms with van der Waals surface area (Å²) in [5, 5.41) is 0. The first-order valence-corrected chi connectivity index (χ1v) is 7.18.